The molecule has 1 amide bonds. The van der Waals surface area contributed by atoms with Crippen molar-refractivity contribution in [2.75, 3.05) is 25.1 Å². The summed E-state index contributed by atoms with van der Waals surface area (Å²) < 4.78 is 58.9. The Balaban J connectivity index is 1.38. The second-order valence-corrected chi connectivity index (χ2v) is 7.87. The molecule has 1 unspecified atom stereocenters. The monoisotopic (exact) mass is 466 g/mol. The quantitative estimate of drug-likeness (QED) is 0.581. The van der Waals surface area contributed by atoms with Crippen LogP contribution in [0.25, 0.3) is 5.65 Å². The Morgan fingerprint density at radius 2 is 1.91 bits per heavy atom. The zero-order valence-corrected chi connectivity index (χ0v) is 17.9. The highest BCUT2D eigenvalue weighted by Gasteiger charge is 2.38. The van der Waals surface area contributed by atoms with Crippen molar-refractivity contribution in [3.8, 4) is 5.75 Å². The summed E-state index contributed by atoms with van der Waals surface area (Å²) in [4.78, 5) is 14.5. The third kappa shape index (κ3) is 4.69. The third-order valence-corrected chi connectivity index (χ3v) is 5.73. The maximum atomic E-state index is 14.0. The van der Waals surface area contributed by atoms with Crippen molar-refractivity contribution in [2.24, 2.45) is 5.92 Å². The van der Waals surface area contributed by atoms with E-state index in [2.05, 4.69) is 20.6 Å². The van der Waals surface area contributed by atoms with Gasteiger partial charge in [-0.2, -0.15) is 17.7 Å². The molecule has 0 saturated carbocycles. The van der Waals surface area contributed by atoms with Crippen LogP contribution in [-0.4, -0.2) is 45.9 Å². The number of amides is 1. The lowest BCUT2D eigenvalue weighted by atomic mass is 9.95. The number of fused-ring (bicyclic) bond motifs is 1. The highest BCUT2D eigenvalue weighted by molar-refractivity contribution is 5.79. The Morgan fingerprint density at radius 1 is 1.18 bits per heavy atom. The number of carbonyl (C=O) groups excluding carboxylic acids is 1. The summed E-state index contributed by atoms with van der Waals surface area (Å²) in [5, 5.41) is 13.6. The largest absolute Gasteiger partial charge is 0.494 e. The van der Waals surface area contributed by atoms with Gasteiger partial charge in [0.15, 0.2) is 17.2 Å². The Bertz CT molecular complexity index is 1160. The number of methoxy groups -OCH3 is 1. The van der Waals surface area contributed by atoms with E-state index in [0.29, 0.717) is 41.8 Å². The van der Waals surface area contributed by atoms with Crippen molar-refractivity contribution < 1.29 is 27.1 Å². The third-order valence-electron chi connectivity index (χ3n) is 5.73. The Kier molecular flexibility index (Phi) is 6.09. The molecule has 8 nitrogen and oxygen atoms in total. The predicted octanol–water partition coefficient (Wildman–Crippen LogP) is 3.38. The summed E-state index contributed by atoms with van der Waals surface area (Å²) in [5.41, 5.74) is 0.621. The second-order valence-electron chi connectivity index (χ2n) is 7.87. The number of hydrogen-bond donors (Lipinski definition) is 1. The van der Waals surface area contributed by atoms with E-state index < -0.39 is 23.9 Å². The van der Waals surface area contributed by atoms with Gasteiger partial charge in [-0.15, -0.1) is 15.3 Å². The van der Waals surface area contributed by atoms with Gasteiger partial charge in [0.1, 0.15) is 5.82 Å². The Hall–Kier alpha value is -3.44. The first-order chi connectivity index (χ1) is 15.7. The van der Waals surface area contributed by atoms with Crippen LogP contribution in [0.5, 0.6) is 5.75 Å². The van der Waals surface area contributed by atoms with E-state index >= 15 is 0 Å². The van der Waals surface area contributed by atoms with Gasteiger partial charge >= 0.3 is 6.18 Å². The van der Waals surface area contributed by atoms with Crippen LogP contribution in [0.2, 0.25) is 0 Å². The number of piperidine rings is 1. The van der Waals surface area contributed by atoms with Crippen LogP contribution in [0.15, 0.2) is 30.3 Å². The van der Waals surface area contributed by atoms with Gasteiger partial charge < -0.3 is 15.0 Å². The summed E-state index contributed by atoms with van der Waals surface area (Å²) in [6, 6.07) is 7.15. The van der Waals surface area contributed by atoms with Gasteiger partial charge in [0, 0.05) is 19.0 Å². The van der Waals surface area contributed by atoms with Gasteiger partial charge in [0.05, 0.1) is 13.2 Å². The minimum absolute atomic E-state index is 0.00398. The van der Waals surface area contributed by atoms with Gasteiger partial charge in [0.2, 0.25) is 5.91 Å². The average Bonchev–Trinajstić information content (AvgIpc) is 3.23. The Labute approximate surface area is 186 Å². The summed E-state index contributed by atoms with van der Waals surface area (Å²) >= 11 is 0. The highest BCUT2D eigenvalue weighted by atomic mass is 19.4. The summed E-state index contributed by atoms with van der Waals surface area (Å²) in [6.07, 6.45) is -3.66. The highest BCUT2D eigenvalue weighted by Crippen LogP contribution is 2.29. The molecule has 3 aromatic rings. The molecule has 0 radical (unpaired) electrons. The van der Waals surface area contributed by atoms with E-state index in [1.54, 1.807) is 19.1 Å². The minimum Gasteiger partial charge on any atom is -0.494 e. The fourth-order valence-electron chi connectivity index (χ4n) is 3.86. The molecule has 1 fully saturated rings. The van der Waals surface area contributed by atoms with E-state index in [9.17, 15) is 22.4 Å². The first-order valence-corrected chi connectivity index (χ1v) is 10.4. The maximum Gasteiger partial charge on any atom is 0.453 e. The molecule has 1 saturated heterocycles. The molecular weight excluding hydrogens is 444 g/mol. The number of alkyl halides is 3. The van der Waals surface area contributed by atoms with Crippen molar-refractivity contribution in [2.45, 2.75) is 32.0 Å². The van der Waals surface area contributed by atoms with E-state index in [1.165, 1.54) is 25.3 Å². The number of hydrogen-bond acceptors (Lipinski definition) is 6. The van der Waals surface area contributed by atoms with Gasteiger partial charge in [-0.1, -0.05) is 6.07 Å². The first-order valence-electron chi connectivity index (χ1n) is 10.4. The smallest absolute Gasteiger partial charge is 0.453 e. The normalized spacial score (nSPS) is 16.1. The Morgan fingerprint density at radius 3 is 2.55 bits per heavy atom. The van der Waals surface area contributed by atoms with E-state index in [1.807, 2.05) is 4.90 Å². The number of anilines is 1. The van der Waals surface area contributed by atoms with Gasteiger partial charge in [-0.3, -0.25) is 4.79 Å². The van der Waals surface area contributed by atoms with Crippen molar-refractivity contribution in [1.82, 2.24) is 25.1 Å². The van der Waals surface area contributed by atoms with Crippen LogP contribution in [0.3, 0.4) is 0 Å². The van der Waals surface area contributed by atoms with Gasteiger partial charge in [-0.25, -0.2) is 4.39 Å². The zero-order chi connectivity index (χ0) is 23.8. The minimum atomic E-state index is -4.67. The number of nitrogens with zero attached hydrogens (tertiary/aromatic N) is 5. The van der Waals surface area contributed by atoms with Crippen molar-refractivity contribution in [1.29, 1.82) is 0 Å². The van der Waals surface area contributed by atoms with E-state index in [4.69, 9.17) is 4.74 Å². The first kappa shape index (κ1) is 22.7. The fraction of sp³-hybridized carbons (Fsp3) is 0.429. The van der Waals surface area contributed by atoms with Crippen LogP contribution < -0.4 is 15.0 Å². The molecule has 33 heavy (non-hydrogen) atoms. The fourth-order valence-corrected chi connectivity index (χ4v) is 3.86. The molecule has 0 bridgehead atoms. The lowest BCUT2D eigenvalue weighted by Gasteiger charge is -2.32. The molecule has 3 heterocycles. The van der Waals surface area contributed by atoms with Crippen LogP contribution in [-0.2, 0) is 11.0 Å². The maximum absolute atomic E-state index is 14.0. The molecule has 1 atom stereocenters. The number of ether oxygens (including phenoxy) is 1. The van der Waals surface area contributed by atoms with Crippen molar-refractivity contribution >= 4 is 17.4 Å². The number of carbonyl (C=O) groups is 1. The van der Waals surface area contributed by atoms with Gasteiger partial charge in [0.25, 0.3) is 5.82 Å². The SMILES string of the molecule is COc1ccc(C(C)NC(=O)C2CCN(c3ccc4nnc(C(F)(F)F)n4n3)CC2)cc1F. The van der Waals surface area contributed by atoms with E-state index in [-0.39, 0.29) is 23.2 Å². The molecule has 0 aliphatic carbocycles. The number of halogens is 4. The molecule has 1 aromatic carbocycles. The second kappa shape index (κ2) is 8.83. The van der Waals surface area contributed by atoms with Crippen molar-refractivity contribution in [3.05, 3.63) is 47.5 Å². The predicted molar refractivity (Wildman–Crippen MR) is 110 cm³/mol. The lowest BCUT2D eigenvalue weighted by Crippen LogP contribution is -2.41. The molecule has 2 aromatic heterocycles. The number of aromatic nitrogens is 4. The number of nitrogens with one attached hydrogen (secondary N) is 1. The molecule has 1 N–H and O–H groups in total. The molecule has 12 heteroatoms. The molecule has 1 aliphatic heterocycles. The standard InChI is InChI=1S/C21H22F4N6O2/c1-12(14-3-4-16(33-2)15(22)11-14)26-19(32)13-7-9-30(10-8-13)18-6-5-17-27-28-20(21(23,24)25)31(17)29-18/h3-6,11-13H,7-10H2,1-2H3,(H,26,32). The molecular formula is C21H22F4N6O2. The summed E-state index contributed by atoms with van der Waals surface area (Å²) in [7, 11) is 1.38. The van der Waals surface area contributed by atoms with Gasteiger partial charge in [-0.05, 0) is 49.6 Å². The van der Waals surface area contributed by atoms with E-state index in [0.717, 1.165) is 0 Å². The topological polar surface area (TPSA) is 84.6 Å². The number of benzene rings is 1. The van der Waals surface area contributed by atoms with Crippen LogP contribution in [0.1, 0.15) is 37.2 Å². The molecule has 176 valence electrons. The average molecular weight is 466 g/mol. The summed E-state index contributed by atoms with van der Waals surface area (Å²) in [5.74, 6) is -1.62. The van der Waals surface area contributed by atoms with Crippen LogP contribution >= 0.6 is 0 Å². The zero-order valence-electron chi connectivity index (χ0n) is 17.9. The van der Waals surface area contributed by atoms with Crippen molar-refractivity contribution in [3.63, 3.8) is 0 Å². The number of rotatable bonds is 5. The summed E-state index contributed by atoms with van der Waals surface area (Å²) in [6.45, 7) is 2.67. The molecule has 4 rings (SSSR count). The molecule has 1 aliphatic rings. The molecule has 0 spiro atoms. The van der Waals surface area contributed by atoms with Crippen LogP contribution in [0.4, 0.5) is 23.4 Å². The van der Waals surface area contributed by atoms with Crippen LogP contribution in [0, 0.1) is 11.7 Å². The lowest BCUT2D eigenvalue weighted by molar-refractivity contribution is -0.146.